The van der Waals surface area contributed by atoms with Crippen LogP contribution in [-0.2, 0) is 6.61 Å². The van der Waals surface area contributed by atoms with Crippen molar-refractivity contribution in [1.29, 1.82) is 0 Å². The first-order chi connectivity index (χ1) is 14.3. The topological polar surface area (TPSA) is 67.4 Å². The summed E-state index contributed by atoms with van der Waals surface area (Å²) in [6.45, 7) is 0.257. The van der Waals surface area contributed by atoms with Crippen molar-refractivity contribution in [3.63, 3.8) is 0 Å². The van der Waals surface area contributed by atoms with Gasteiger partial charge in [0.25, 0.3) is 5.91 Å². The summed E-state index contributed by atoms with van der Waals surface area (Å²) >= 11 is 12.0. The normalized spacial score (nSPS) is 10.4. The third kappa shape index (κ3) is 5.46. The van der Waals surface area contributed by atoms with E-state index in [0.29, 0.717) is 10.8 Å². The molecule has 0 aliphatic carbocycles. The van der Waals surface area contributed by atoms with Gasteiger partial charge in [0, 0.05) is 10.7 Å². The molecule has 9 heteroatoms. The zero-order valence-corrected chi connectivity index (χ0v) is 16.7. The van der Waals surface area contributed by atoms with Crippen molar-refractivity contribution >= 4 is 40.8 Å². The van der Waals surface area contributed by atoms with Crippen LogP contribution in [0.4, 0.5) is 19.3 Å². The molecule has 0 radical (unpaired) electrons. The minimum absolute atomic E-state index is 0.216. The van der Waals surface area contributed by atoms with Gasteiger partial charge in [-0.25, -0.2) is 13.6 Å². The molecule has 2 N–H and O–H groups in total. The summed E-state index contributed by atoms with van der Waals surface area (Å²) in [6.07, 6.45) is 0. The van der Waals surface area contributed by atoms with Crippen LogP contribution >= 0.6 is 23.2 Å². The zero-order chi connectivity index (χ0) is 21.7. The summed E-state index contributed by atoms with van der Waals surface area (Å²) in [7, 11) is 0. The molecular formula is C21H14Cl2F2N2O3. The van der Waals surface area contributed by atoms with Gasteiger partial charge in [0.15, 0.2) is 0 Å². The van der Waals surface area contributed by atoms with E-state index >= 15 is 0 Å². The average molecular weight is 451 g/mol. The van der Waals surface area contributed by atoms with Crippen molar-refractivity contribution < 1.29 is 23.1 Å². The minimum Gasteiger partial charge on any atom is -0.487 e. The molecule has 3 amide bonds. The van der Waals surface area contributed by atoms with Crippen molar-refractivity contribution in [2.24, 2.45) is 0 Å². The van der Waals surface area contributed by atoms with E-state index in [1.54, 1.807) is 12.1 Å². The second-order valence-electron chi connectivity index (χ2n) is 6.07. The second kappa shape index (κ2) is 9.56. The predicted molar refractivity (Wildman–Crippen MR) is 110 cm³/mol. The fraction of sp³-hybridized carbons (Fsp3) is 0.0476. The van der Waals surface area contributed by atoms with Gasteiger partial charge in [-0.15, -0.1) is 0 Å². The number of rotatable bonds is 5. The number of carbonyl (C=O) groups is 2. The Morgan fingerprint density at radius 2 is 1.60 bits per heavy atom. The van der Waals surface area contributed by atoms with E-state index in [1.165, 1.54) is 18.2 Å². The molecule has 0 saturated carbocycles. The quantitative estimate of drug-likeness (QED) is 0.515. The summed E-state index contributed by atoms with van der Waals surface area (Å²) in [6, 6.07) is 13.5. The van der Waals surface area contributed by atoms with Crippen LogP contribution in [0.1, 0.15) is 15.9 Å². The van der Waals surface area contributed by atoms with E-state index in [2.05, 4.69) is 5.32 Å². The van der Waals surface area contributed by atoms with Crippen LogP contribution in [-0.4, -0.2) is 11.9 Å². The van der Waals surface area contributed by atoms with Crippen LogP contribution in [0.5, 0.6) is 5.75 Å². The van der Waals surface area contributed by atoms with Gasteiger partial charge < -0.3 is 10.1 Å². The Morgan fingerprint density at radius 1 is 0.933 bits per heavy atom. The van der Waals surface area contributed by atoms with Crippen molar-refractivity contribution in [1.82, 2.24) is 5.32 Å². The lowest BCUT2D eigenvalue weighted by molar-refractivity contribution is 0.0959. The summed E-state index contributed by atoms with van der Waals surface area (Å²) in [5.41, 5.74) is 0.283. The molecule has 0 aliphatic rings. The second-order valence-corrected chi connectivity index (χ2v) is 6.91. The number of anilines is 1. The first-order valence-electron chi connectivity index (χ1n) is 8.56. The summed E-state index contributed by atoms with van der Waals surface area (Å²) < 4.78 is 32.9. The first-order valence-corrected chi connectivity index (χ1v) is 9.32. The van der Waals surface area contributed by atoms with Crippen molar-refractivity contribution in [3.8, 4) is 5.75 Å². The van der Waals surface area contributed by atoms with Gasteiger partial charge in [0.05, 0.1) is 5.02 Å². The molecule has 3 aromatic carbocycles. The molecule has 0 saturated heterocycles. The van der Waals surface area contributed by atoms with Crippen LogP contribution in [0, 0.1) is 11.6 Å². The van der Waals surface area contributed by atoms with Gasteiger partial charge in [-0.1, -0.05) is 41.4 Å². The Balaban J connectivity index is 1.60. The van der Waals surface area contributed by atoms with E-state index in [9.17, 15) is 18.4 Å². The zero-order valence-electron chi connectivity index (χ0n) is 15.2. The van der Waals surface area contributed by atoms with Crippen LogP contribution < -0.4 is 15.4 Å². The van der Waals surface area contributed by atoms with Gasteiger partial charge in [-0.2, -0.15) is 0 Å². The SMILES string of the molecule is O=C(NC(=O)c1c(F)cccc1F)Nc1ccc(OCc2ccc(Cl)cc2)c(Cl)c1. The molecule has 0 fully saturated rings. The van der Waals surface area contributed by atoms with Crippen LogP contribution in [0.25, 0.3) is 0 Å². The number of carbonyl (C=O) groups excluding carboxylic acids is 2. The Labute approximate surface area is 180 Å². The molecule has 30 heavy (non-hydrogen) atoms. The highest BCUT2D eigenvalue weighted by atomic mass is 35.5. The van der Waals surface area contributed by atoms with Crippen LogP contribution in [0.3, 0.4) is 0 Å². The highest BCUT2D eigenvalue weighted by Crippen LogP contribution is 2.28. The van der Waals surface area contributed by atoms with Crippen molar-refractivity contribution in [2.45, 2.75) is 6.61 Å². The molecule has 154 valence electrons. The lowest BCUT2D eigenvalue weighted by Gasteiger charge is -2.11. The average Bonchev–Trinajstić information content (AvgIpc) is 2.68. The number of benzene rings is 3. The fourth-order valence-corrected chi connectivity index (χ4v) is 2.84. The third-order valence-corrected chi connectivity index (χ3v) is 4.46. The number of imide groups is 1. The Bertz CT molecular complexity index is 1070. The van der Waals surface area contributed by atoms with E-state index in [4.69, 9.17) is 27.9 Å². The smallest absolute Gasteiger partial charge is 0.326 e. The fourth-order valence-electron chi connectivity index (χ4n) is 2.48. The molecule has 0 bridgehead atoms. The van der Waals surface area contributed by atoms with Crippen LogP contribution in [0.2, 0.25) is 10.0 Å². The number of hydrogen-bond acceptors (Lipinski definition) is 3. The molecule has 0 aliphatic heterocycles. The van der Waals surface area contributed by atoms with Gasteiger partial charge in [0.2, 0.25) is 0 Å². The van der Waals surface area contributed by atoms with E-state index < -0.39 is 29.1 Å². The lowest BCUT2D eigenvalue weighted by Crippen LogP contribution is -2.35. The van der Waals surface area contributed by atoms with Crippen molar-refractivity contribution in [2.75, 3.05) is 5.32 Å². The lowest BCUT2D eigenvalue weighted by atomic mass is 10.2. The predicted octanol–water partition coefficient (Wildman–Crippen LogP) is 5.81. The van der Waals surface area contributed by atoms with E-state index in [1.807, 2.05) is 17.4 Å². The largest absolute Gasteiger partial charge is 0.487 e. The Morgan fingerprint density at radius 3 is 2.23 bits per heavy atom. The Kier molecular flexibility index (Phi) is 6.87. The number of urea groups is 1. The van der Waals surface area contributed by atoms with E-state index in [0.717, 1.165) is 23.8 Å². The maximum absolute atomic E-state index is 13.6. The van der Waals surface area contributed by atoms with E-state index in [-0.39, 0.29) is 17.3 Å². The van der Waals surface area contributed by atoms with Gasteiger partial charge in [-0.3, -0.25) is 10.1 Å². The number of amides is 3. The molecule has 0 aromatic heterocycles. The molecule has 5 nitrogen and oxygen atoms in total. The molecule has 3 rings (SSSR count). The maximum Gasteiger partial charge on any atom is 0.326 e. The maximum atomic E-state index is 13.6. The van der Waals surface area contributed by atoms with Crippen LogP contribution in [0.15, 0.2) is 60.7 Å². The monoisotopic (exact) mass is 450 g/mol. The molecule has 0 atom stereocenters. The molecule has 0 unspecified atom stereocenters. The number of hydrogen-bond donors (Lipinski definition) is 2. The highest BCUT2D eigenvalue weighted by Gasteiger charge is 2.19. The number of nitrogens with one attached hydrogen (secondary N) is 2. The van der Waals surface area contributed by atoms with Gasteiger partial charge in [0.1, 0.15) is 29.6 Å². The summed E-state index contributed by atoms with van der Waals surface area (Å²) in [5.74, 6) is -2.99. The molecule has 3 aromatic rings. The summed E-state index contributed by atoms with van der Waals surface area (Å²) in [5, 5.41) is 5.05. The minimum atomic E-state index is -1.21. The number of ether oxygens (including phenoxy) is 1. The summed E-state index contributed by atoms with van der Waals surface area (Å²) in [4.78, 5) is 23.9. The molecular weight excluding hydrogens is 437 g/mol. The first kappa shape index (κ1) is 21.5. The standard InChI is InChI=1S/C21H14Cl2F2N2O3/c22-13-6-4-12(5-7-13)11-30-18-9-8-14(10-15(18)23)26-21(29)27-20(28)19-16(24)2-1-3-17(19)25/h1-10H,11H2,(H2,26,27,28,29). The Hall–Kier alpha value is -3.16. The van der Waals surface area contributed by atoms with Gasteiger partial charge in [-0.05, 0) is 48.0 Å². The molecule has 0 heterocycles. The third-order valence-electron chi connectivity index (χ3n) is 3.91. The highest BCUT2D eigenvalue weighted by molar-refractivity contribution is 6.32. The number of halogens is 4. The molecule has 0 spiro atoms. The van der Waals surface area contributed by atoms with Gasteiger partial charge >= 0.3 is 6.03 Å². The van der Waals surface area contributed by atoms with Crippen molar-refractivity contribution in [3.05, 3.63) is 93.5 Å².